The van der Waals surface area contributed by atoms with Gasteiger partial charge in [-0.3, -0.25) is 19.8 Å². The lowest BCUT2D eigenvalue weighted by atomic mass is 10.1. The van der Waals surface area contributed by atoms with E-state index in [1.54, 1.807) is 24.3 Å². The first-order chi connectivity index (χ1) is 11.9. The fourth-order valence-electron chi connectivity index (χ4n) is 2.65. The van der Waals surface area contributed by atoms with Crippen molar-refractivity contribution < 1.29 is 19.5 Å². The number of carbonyl (C=O) groups is 3. The number of para-hydroxylation sites is 1. The molecule has 0 bridgehead atoms. The predicted molar refractivity (Wildman–Crippen MR) is 91.3 cm³/mol. The number of amides is 3. The van der Waals surface area contributed by atoms with Crippen LogP contribution in [0.2, 0.25) is 0 Å². The van der Waals surface area contributed by atoms with Crippen LogP contribution in [0.1, 0.15) is 44.9 Å². The highest BCUT2D eigenvalue weighted by Crippen LogP contribution is 2.29. The Balaban J connectivity index is 1.90. The molecule has 0 aliphatic carbocycles. The van der Waals surface area contributed by atoms with Crippen molar-refractivity contribution in [2.24, 2.45) is 0 Å². The van der Waals surface area contributed by atoms with E-state index < -0.39 is 17.7 Å². The van der Waals surface area contributed by atoms with Gasteiger partial charge < -0.3 is 10.4 Å². The Labute approximate surface area is 144 Å². The summed E-state index contributed by atoms with van der Waals surface area (Å²) in [6.07, 6.45) is 0. The second kappa shape index (κ2) is 6.27. The Bertz CT molecular complexity index is 876. The van der Waals surface area contributed by atoms with Gasteiger partial charge in [-0.25, -0.2) is 0 Å². The maximum atomic E-state index is 12.6. The molecule has 3 N–H and O–H groups in total. The topological polar surface area (TPSA) is 98.7 Å². The van der Waals surface area contributed by atoms with Crippen molar-refractivity contribution in [3.63, 3.8) is 0 Å². The Hall–Kier alpha value is -3.35. The molecule has 1 aliphatic heterocycles. The number of imide groups is 1. The lowest BCUT2D eigenvalue weighted by molar-refractivity contribution is 0.0517. The number of hydrogen-bond donors (Lipinski definition) is 3. The van der Waals surface area contributed by atoms with Gasteiger partial charge in [-0.2, -0.15) is 5.01 Å². The Morgan fingerprint density at radius 3 is 2.44 bits per heavy atom. The molecule has 2 aromatic carbocycles. The number of nitrogens with one attached hydrogen (secondary N) is 2. The van der Waals surface area contributed by atoms with Crippen LogP contribution in [0, 0.1) is 0 Å². The number of aromatic hydroxyl groups is 1. The molecule has 0 aromatic heterocycles. The standard InChI is InChI=1S/C18H17N3O4/c1-10(2)19-13-8-5-7-12-15(13)18(25)21(17(12)24)20-16(23)11-6-3-4-9-14(11)22/h3-10,19,22H,1-2H3,(H,20,23). The number of nitrogens with zero attached hydrogens (tertiary/aromatic N) is 1. The molecule has 0 saturated carbocycles. The van der Waals surface area contributed by atoms with Gasteiger partial charge in [0, 0.05) is 11.7 Å². The van der Waals surface area contributed by atoms with E-state index in [0.717, 1.165) is 0 Å². The summed E-state index contributed by atoms with van der Waals surface area (Å²) < 4.78 is 0. The van der Waals surface area contributed by atoms with E-state index in [4.69, 9.17) is 0 Å². The molecule has 3 amide bonds. The van der Waals surface area contributed by atoms with Crippen molar-refractivity contribution in [2.45, 2.75) is 19.9 Å². The molecule has 128 valence electrons. The zero-order valence-corrected chi connectivity index (χ0v) is 13.7. The highest BCUT2D eigenvalue weighted by Gasteiger charge is 2.39. The Kier molecular flexibility index (Phi) is 4.14. The van der Waals surface area contributed by atoms with Gasteiger partial charge in [-0.1, -0.05) is 18.2 Å². The van der Waals surface area contributed by atoms with Crippen LogP contribution in [-0.2, 0) is 0 Å². The fourth-order valence-corrected chi connectivity index (χ4v) is 2.65. The summed E-state index contributed by atoms with van der Waals surface area (Å²) >= 11 is 0. The molecular formula is C18H17N3O4. The van der Waals surface area contributed by atoms with Gasteiger partial charge in [0.2, 0.25) is 0 Å². The minimum Gasteiger partial charge on any atom is -0.507 e. The van der Waals surface area contributed by atoms with Crippen LogP contribution in [0.5, 0.6) is 5.75 Å². The van der Waals surface area contributed by atoms with Crippen LogP contribution in [0.3, 0.4) is 0 Å². The largest absolute Gasteiger partial charge is 0.507 e. The number of hydrogen-bond acceptors (Lipinski definition) is 5. The van der Waals surface area contributed by atoms with Crippen molar-refractivity contribution >= 4 is 23.4 Å². The first kappa shape index (κ1) is 16.5. The molecule has 0 unspecified atom stereocenters. The quantitative estimate of drug-likeness (QED) is 0.742. The van der Waals surface area contributed by atoms with Crippen molar-refractivity contribution in [1.82, 2.24) is 10.4 Å². The molecule has 0 spiro atoms. The Morgan fingerprint density at radius 1 is 1.04 bits per heavy atom. The van der Waals surface area contributed by atoms with Gasteiger partial charge in [0.1, 0.15) is 5.75 Å². The van der Waals surface area contributed by atoms with Gasteiger partial charge in [0.25, 0.3) is 17.7 Å². The molecule has 0 atom stereocenters. The lowest BCUT2D eigenvalue weighted by Gasteiger charge is -2.16. The second-order valence-electron chi connectivity index (χ2n) is 5.93. The van der Waals surface area contributed by atoms with E-state index in [-0.39, 0.29) is 28.5 Å². The fraction of sp³-hybridized carbons (Fsp3) is 0.167. The van der Waals surface area contributed by atoms with Crippen molar-refractivity contribution in [3.05, 3.63) is 59.2 Å². The molecule has 3 rings (SSSR count). The molecule has 0 saturated heterocycles. The van der Waals surface area contributed by atoms with E-state index in [1.165, 1.54) is 18.2 Å². The van der Waals surface area contributed by atoms with Crippen LogP contribution >= 0.6 is 0 Å². The number of hydrazine groups is 1. The minimum atomic E-state index is -0.744. The number of fused-ring (bicyclic) bond motifs is 1. The predicted octanol–water partition coefficient (Wildman–Crippen LogP) is 2.15. The summed E-state index contributed by atoms with van der Waals surface area (Å²) in [6, 6.07) is 10.9. The molecule has 0 radical (unpaired) electrons. The maximum Gasteiger partial charge on any atom is 0.282 e. The number of rotatable bonds is 4. The average Bonchev–Trinajstić information content (AvgIpc) is 2.80. The normalized spacial score (nSPS) is 13.2. The first-order valence-corrected chi connectivity index (χ1v) is 7.77. The molecule has 1 heterocycles. The van der Waals surface area contributed by atoms with Gasteiger partial charge in [-0.05, 0) is 38.1 Å². The molecule has 7 nitrogen and oxygen atoms in total. The number of phenols is 1. The van der Waals surface area contributed by atoms with Gasteiger partial charge >= 0.3 is 0 Å². The molecule has 0 fully saturated rings. The third kappa shape index (κ3) is 2.91. The molecule has 7 heteroatoms. The average molecular weight is 339 g/mol. The number of anilines is 1. The molecule has 2 aromatic rings. The summed E-state index contributed by atoms with van der Waals surface area (Å²) in [4.78, 5) is 37.4. The zero-order valence-electron chi connectivity index (χ0n) is 13.7. The van der Waals surface area contributed by atoms with Crippen LogP contribution in [0.25, 0.3) is 0 Å². The molecule has 25 heavy (non-hydrogen) atoms. The van der Waals surface area contributed by atoms with Crippen LogP contribution < -0.4 is 10.7 Å². The second-order valence-corrected chi connectivity index (χ2v) is 5.93. The number of benzene rings is 2. The van der Waals surface area contributed by atoms with Gasteiger partial charge in [0.15, 0.2) is 0 Å². The van der Waals surface area contributed by atoms with Crippen LogP contribution in [0.15, 0.2) is 42.5 Å². The maximum absolute atomic E-state index is 12.6. The minimum absolute atomic E-state index is 0.0282. The van der Waals surface area contributed by atoms with Crippen LogP contribution in [-0.4, -0.2) is 33.9 Å². The third-order valence-corrected chi connectivity index (χ3v) is 3.72. The highest BCUT2D eigenvalue weighted by atomic mass is 16.3. The van der Waals surface area contributed by atoms with Crippen molar-refractivity contribution in [3.8, 4) is 5.75 Å². The van der Waals surface area contributed by atoms with Crippen molar-refractivity contribution in [1.29, 1.82) is 0 Å². The number of carbonyl (C=O) groups excluding carboxylic acids is 3. The van der Waals surface area contributed by atoms with E-state index in [9.17, 15) is 19.5 Å². The van der Waals surface area contributed by atoms with E-state index in [0.29, 0.717) is 10.7 Å². The third-order valence-electron chi connectivity index (χ3n) is 3.72. The lowest BCUT2D eigenvalue weighted by Crippen LogP contribution is -2.45. The van der Waals surface area contributed by atoms with Crippen LogP contribution in [0.4, 0.5) is 5.69 Å². The van der Waals surface area contributed by atoms with Crippen molar-refractivity contribution in [2.75, 3.05) is 5.32 Å². The molecule has 1 aliphatic rings. The first-order valence-electron chi connectivity index (χ1n) is 7.77. The van der Waals surface area contributed by atoms with Gasteiger partial charge in [0.05, 0.1) is 16.7 Å². The summed E-state index contributed by atoms with van der Waals surface area (Å²) in [6.45, 7) is 3.83. The van der Waals surface area contributed by atoms with Gasteiger partial charge in [-0.15, -0.1) is 0 Å². The van der Waals surface area contributed by atoms with E-state index in [1.807, 2.05) is 13.8 Å². The Morgan fingerprint density at radius 2 is 1.76 bits per heavy atom. The van der Waals surface area contributed by atoms with E-state index >= 15 is 0 Å². The SMILES string of the molecule is CC(C)Nc1cccc2c1C(=O)N(NC(=O)c1ccccc1O)C2=O. The summed E-state index contributed by atoms with van der Waals surface area (Å²) in [5, 5.41) is 13.5. The zero-order chi connectivity index (χ0) is 18.1. The smallest absolute Gasteiger partial charge is 0.282 e. The summed E-state index contributed by atoms with van der Waals surface area (Å²) in [5.41, 5.74) is 3.21. The van der Waals surface area contributed by atoms with E-state index in [2.05, 4.69) is 10.7 Å². The molecular weight excluding hydrogens is 322 g/mol. The summed E-state index contributed by atoms with van der Waals surface area (Å²) in [5.74, 6) is -2.21. The highest BCUT2D eigenvalue weighted by molar-refractivity contribution is 6.24. The number of phenolic OH excluding ortho intramolecular Hbond substituents is 1. The summed E-state index contributed by atoms with van der Waals surface area (Å²) in [7, 11) is 0. The monoisotopic (exact) mass is 339 g/mol.